The minimum atomic E-state index is -0.0181. The molecule has 3 N–H and O–H groups in total. The number of Topliss-reactive ketones (excluding diaryl/α,β-unsaturated/α-hetero) is 1. The summed E-state index contributed by atoms with van der Waals surface area (Å²) in [6.45, 7) is -0.0181. The molecule has 1 heterocycles. The fraction of sp³-hybridized carbons (Fsp3) is 0.333. The average molecular weight is 288 g/mol. The Balaban J connectivity index is 1.87. The quantitative estimate of drug-likeness (QED) is 0.760. The van der Waals surface area contributed by atoms with Crippen LogP contribution in [0.4, 0.5) is 0 Å². The highest BCUT2D eigenvalue weighted by Gasteiger charge is 2.26. The Kier molecular flexibility index (Phi) is 3.54. The third-order valence-corrected chi connectivity index (χ3v) is 4.09. The molecule has 0 fully saturated rings. The molecule has 2 aromatic rings. The molecule has 0 aliphatic heterocycles. The molecule has 1 unspecified atom stereocenters. The third kappa shape index (κ3) is 2.46. The molecule has 1 aliphatic rings. The number of ketones is 1. The largest absolute Gasteiger partial charge is 0.392 e. The van der Waals surface area contributed by atoms with Crippen LogP contribution >= 0.6 is 12.2 Å². The Morgan fingerprint density at radius 1 is 1.35 bits per heavy atom. The highest BCUT2D eigenvalue weighted by molar-refractivity contribution is 7.71. The zero-order valence-electron chi connectivity index (χ0n) is 11.0. The topological polar surface area (TPSA) is 68.9 Å². The number of nitrogens with one attached hydrogen (secondary N) is 2. The van der Waals surface area contributed by atoms with Crippen molar-refractivity contribution in [1.82, 2.24) is 9.97 Å². The first-order valence-corrected chi connectivity index (χ1v) is 7.09. The lowest BCUT2D eigenvalue weighted by molar-refractivity contribution is 0.0948. The van der Waals surface area contributed by atoms with Gasteiger partial charge in [0.2, 0.25) is 0 Å². The zero-order valence-corrected chi connectivity index (χ0v) is 11.8. The molecule has 0 radical (unpaired) electrons. The molecule has 1 atom stereocenters. The van der Waals surface area contributed by atoms with Gasteiger partial charge in [0.15, 0.2) is 10.6 Å². The molecule has 104 valence electrons. The van der Waals surface area contributed by atoms with Crippen LogP contribution in [0.1, 0.15) is 33.6 Å². The number of aromatic nitrogens is 2. The smallest absolute Gasteiger partial charge is 0.174 e. The molecule has 20 heavy (non-hydrogen) atoms. The molecule has 5 heteroatoms. The fourth-order valence-corrected chi connectivity index (χ4v) is 3.14. The van der Waals surface area contributed by atoms with Crippen LogP contribution in [0.5, 0.6) is 0 Å². The second-order valence-electron chi connectivity index (χ2n) is 5.27. The van der Waals surface area contributed by atoms with Crippen LogP contribution in [0.15, 0.2) is 24.4 Å². The van der Waals surface area contributed by atoms with Crippen molar-refractivity contribution < 1.29 is 9.90 Å². The van der Waals surface area contributed by atoms with E-state index in [9.17, 15) is 9.90 Å². The van der Waals surface area contributed by atoms with Gasteiger partial charge in [0, 0.05) is 23.9 Å². The van der Waals surface area contributed by atoms with Crippen LogP contribution in [0.2, 0.25) is 0 Å². The maximum atomic E-state index is 12.2. The number of imidazole rings is 1. The molecular formula is C15H16N2O2S. The van der Waals surface area contributed by atoms with Crippen LogP contribution in [0.25, 0.3) is 0 Å². The fourth-order valence-electron chi connectivity index (χ4n) is 2.95. The van der Waals surface area contributed by atoms with E-state index >= 15 is 0 Å². The molecule has 1 aromatic carbocycles. The lowest BCUT2D eigenvalue weighted by atomic mass is 9.79. The predicted octanol–water partition coefficient (Wildman–Crippen LogP) is 2.55. The summed E-state index contributed by atoms with van der Waals surface area (Å²) in [5.74, 6) is 0.421. The summed E-state index contributed by atoms with van der Waals surface area (Å²) in [4.78, 5) is 18.3. The maximum Gasteiger partial charge on any atom is 0.174 e. The van der Waals surface area contributed by atoms with Crippen molar-refractivity contribution in [3.63, 3.8) is 0 Å². The first-order valence-electron chi connectivity index (χ1n) is 6.68. The molecule has 4 nitrogen and oxygen atoms in total. The van der Waals surface area contributed by atoms with Gasteiger partial charge in [0.25, 0.3) is 0 Å². The second kappa shape index (κ2) is 5.34. The number of hydrogen-bond donors (Lipinski definition) is 3. The minimum Gasteiger partial charge on any atom is -0.392 e. The number of H-pyrrole nitrogens is 2. The van der Waals surface area contributed by atoms with E-state index in [0.717, 1.165) is 35.2 Å². The number of aromatic amines is 2. The zero-order chi connectivity index (χ0) is 14.1. The first-order chi connectivity index (χ1) is 9.67. The summed E-state index contributed by atoms with van der Waals surface area (Å²) in [7, 11) is 0. The lowest BCUT2D eigenvalue weighted by Gasteiger charge is -2.25. The Bertz CT molecular complexity index is 702. The van der Waals surface area contributed by atoms with Crippen molar-refractivity contribution in [3.05, 3.63) is 51.6 Å². The summed E-state index contributed by atoms with van der Waals surface area (Å²) in [6.07, 6.45) is 4.02. The average Bonchev–Trinajstić information content (AvgIpc) is 2.83. The van der Waals surface area contributed by atoms with Gasteiger partial charge in [-0.2, -0.15) is 0 Å². The van der Waals surface area contributed by atoms with Crippen LogP contribution in [0, 0.1) is 10.7 Å². The van der Waals surface area contributed by atoms with Gasteiger partial charge in [-0.25, -0.2) is 0 Å². The Morgan fingerprint density at radius 2 is 2.20 bits per heavy atom. The van der Waals surface area contributed by atoms with E-state index in [1.807, 2.05) is 24.4 Å². The second-order valence-corrected chi connectivity index (χ2v) is 5.68. The van der Waals surface area contributed by atoms with Crippen molar-refractivity contribution in [2.24, 2.45) is 5.92 Å². The SMILES string of the molecule is O=C1CC(Cc2c[nH]c(=S)[nH]2)Cc2c(CO)cccc21. The predicted molar refractivity (Wildman–Crippen MR) is 78.2 cm³/mol. The third-order valence-electron chi connectivity index (χ3n) is 3.87. The number of carbonyl (C=O) groups is 1. The summed E-state index contributed by atoms with van der Waals surface area (Å²) in [6, 6.07) is 5.58. The van der Waals surface area contributed by atoms with Crippen molar-refractivity contribution in [3.8, 4) is 0 Å². The number of carbonyl (C=O) groups excluding carboxylic acids is 1. The monoisotopic (exact) mass is 288 g/mol. The normalized spacial score (nSPS) is 18.1. The molecule has 3 rings (SSSR count). The van der Waals surface area contributed by atoms with Gasteiger partial charge >= 0.3 is 0 Å². The number of benzene rings is 1. The van der Waals surface area contributed by atoms with Gasteiger partial charge in [0.1, 0.15) is 0 Å². The molecule has 1 aliphatic carbocycles. The van der Waals surface area contributed by atoms with Crippen LogP contribution < -0.4 is 0 Å². The van der Waals surface area contributed by atoms with Gasteiger partial charge in [-0.15, -0.1) is 0 Å². The van der Waals surface area contributed by atoms with E-state index in [1.165, 1.54) is 0 Å². The van der Waals surface area contributed by atoms with Crippen LogP contribution in [0.3, 0.4) is 0 Å². The molecule has 0 saturated carbocycles. The van der Waals surface area contributed by atoms with Crippen molar-refractivity contribution >= 4 is 18.0 Å². The molecule has 0 saturated heterocycles. The lowest BCUT2D eigenvalue weighted by Crippen LogP contribution is -2.23. The van der Waals surface area contributed by atoms with Crippen LogP contribution in [-0.2, 0) is 19.4 Å². The van der Waals surface area contributed by atoms with Crippen molar-refractivity contribution in [2.75, 3.05) is 0 Å². The van der Waals surface area contributed by atoms with Gasteiger partial charge < -0.3 is 15.1 Å². The highest BCUT2D eigenvalue weighted by atomic mass is 32.1. The summed E-state index contributed by atoms with van der Waals surface area (Å²) in [5.41, 5.74) is 3.67. The highest BCUT2D eigenvalue weighted by Crippen LogP contribution is 2.30. The van der Waals surface area contributed by atoms with Crippen molar-refractivity contribution in [1.29, 1.82) is 0 Å². The van der Waals surface area contributed by atoms with E-state index in [0.29, 0.717) is 11.2 Å². The van der Waals surface area contributed by atoms with Gasteiger partial charge in [0.05, 0.1) is 6.61 Å². The van der Waals surface area contributed by atoms with E-state index in [-0.39, 0.29) is 18.3 Å². The number of aliphatic hydroxyl groups is 1. The maximum absolute atomic E-state index is 12.2. The molecule has 0 bridgehead atoms. The number of aliphatic hydroxyl groups excluding tert-OH is 1. The summed E-state index contributed by atoms with van der Waals surface area (Å²) < 4.78 is 0.610. The Morgan fingerprint density at radius 3 is 2.90 bits per heavy atom. The van der Waals surface area contributed by atoms with Gasteiger partial charge in [-0.1, -0.05) is 18.2 Å². The van der Waals surface area contributed by atoms with Gasteiger partial charge in [-0.3, -0.25) is 4.79 Å². The Hall–Kier alpha value is -1.72. The standard InChI is InChI=1S/C15H16N2O2S/c18-8-10-2-1-3-12-13(10)5-9(6-14(12)19)4-11-7-16-15(20)17-11/h1-3,7,9,18H,4-6,8H2,(H2,16,17,20). The molecule has 0 amide bonds. The van der Waals surface area contributed by atoms with Crippen LogP contribution in [-0.4, -0.2) is 20.9 Å². The van der Waals surface area contributed by atoms with E-state index in [1.54, 1.807) is 0 Å². The molecule has 0 spiro atoms. The Labute approximate surface area is 121 Å². The number of rotatable bonds is 3. The van der Waals surface area contributed by atoms with Gasteiger partial charge in [-0.05, 0) is 42.1 Å². The summed E-state index contributed by atoms with van der Waals surface area (Å²) >= 11 is 5.02. The first kappa shape index (κ1) is 13.3. The number of hydrogen-bond acceptors (Lipinski definition) is 3. The minimum absolute atomic E-state index is 0.0181. The van der Waals surface area contributed by atoms with E-state index < -0.39 is 0 Å². The summed E-state index contributed by atoms with van der Waals surface area (Å²) in [5, 5.41) is 9.42. The molecular weight excluding hydrogens is 272 g/mol. The van der Waals surface area contributed by atoms with E-state index in [4.69, 9.17) is 12.2 Å². The molecule has 1 aromatic heterocycles. The van der Waals surface area contributed by atoms with Crippen molar-refractivity contribution in [2.45, 2.75) is 25.9 Å². The number of fused-ring (bicyclic) bond motifs is 1. The van der Waals surface area contributed by atoms with E-state index in [2.05, 4.69) is 9.97 Å².